The Morgan fingerprint density at radius 1 is 1.22 bits per heavy atom. The van der Waals surface area contributed by atoms with Crippen LogP contribution in [0.3, 0.4) is 0 Å². The molecule has 1 fully saturated rings. The second kappa shape index (κ2) is 6.63. The average Bonchev–Trinajstić information content (AvgIpc) is 3.25. The summed E-state index contributed by atoms with van der Waals surface area (Å²) >= 11 is 1.66. The van der Waals surface area contributed by atoms with E-state index < -0.39 is 10.0 Å². The zero-order chi connectivity index (χ0) is 16.3. The number of methoxy groups -OCH3 is 1. The predicted octanol–water partition coefficient (Wildman–Crippen LogP) is 3.55. The number of thiophene rings is 1. The zero-order valence-electron chi connectivity index (χ0n) is 13.1. The largest absolute Gasteiger partial charge is 0.495 e. The minimum absolute atomic E-state index is 0.0743. The number of hydrogen-bond donors (Lipinski definition) is 1. The van der Waals surface area contributed by atoms with Gasteiger partial charge in [0, 0.05) is 12.0 Å². The van der Waals surface area contributed by atoms with Crippen molar-refractivity contribution < 1.29 is 13.2 Å². The van der Waals surface area contributed by atoms with E-state index >= 15 is 0 Å². The second-order valence-corrected chi connectivity index (χ2v) is 8.49. The van der Waals surface area contributed by atoms with Crippen molar-refractivity contribution in [1.82, 2.24) is 4.72 Å². The molecule has 0 aliphatic heterocycles. The van der Waals surface area contributed by atoms with Gasteiger partial charge >= 0.3 is 0 Å². The molecule has 0 saturated heterocycles. The fourth-order valence-corrected chi connectivity index (χ4v) is 5.41. The van der Waals surface area contributed by atoms with Crippen molar-refractivity contribution in [3.63, 3.8) is 0 Å². The molecule has 1 aromatic carbocycles. The molecule has 4 nitrogen and oxygen atoms in total. The van der Waals surface area contributed by atoms with Gasteiger partial charge in [-0.1, -0.05) is 25.0 Å². The summed E-state index contributed by atoms with van der Waals surface area (Å²) in [6.45, 7) is 0.435. The molecule has 0 radical (unpaired) electrons. The lowest BCUT2D eigenvalue weighted by Crippen LogP contribution is -2.38. The van der Waals surface area contributed by atoms with E-state index in [1.165, 1.54) is 12.7 Å². The molecule has 0 atom stereocenters. The van der Waals surface area contributed by atoms with Gasteiger partial charge in [0.25, 0.3) is 0 Å². The van der Waals surface area contributed by atoms with Crippen LogP contribution in [0.1, 0.15) is 31.2 Å². The smallest absolute Gasteiger partial charge is 0.244 e. The summed E-state index contributed by atoms with van der Waals surface area (Å²) in [7, 11) is -2.11. The van der Waals surface area contributed by atoms with Gasteiger partial charge in [-0.2, -0.15) is 11.3 Å². The molecule has 0 bridgehead atoms. The summed E-state index contributed by atoms with van der Waals surface area (Å²) in [6, 6.07) is 8.84. The Kier molecular flexibility index (Phi) is 4.75. The molecule has 0 spiro atoms. The Morgan fingerprint density at radius 2 is 1.96 bits per heavy atom. The third kappa shape index (κ3) is 3.29. The predicted molar refractivity (Wildman–Crippen MR) is 92.6 cm³/mol. The van der Waals surface area contributed by atoms with Gasteiger partial charge in [0.1, 0.15) is 10.6 Å². The molecule has 1 saturated carbocycles. The van der Waals surface area contributed by atoms with Crippen molar-refractivity contribution in [3.05, 3.63) is 46.7 Å². The van der Waals surface area contributed by atoms with Crippen LogP contribution in [-0.4, -0.2) is 22.1 Å². The third-order valence-corrected chi connectivity index (χ3v) is 6.78. The molecule has 1 heterocycles. The quantitative estimate of drug-likeness (QED) is 0.866. The van der Waals surface area contributed by atoms with E-state index in [-0.39, 0.29) is 10.3 Å². The first-order chi connectivity index (χ1) is 11.1. The summed E-state index contributed by atoms with van der Waals surface area (Å²) < 4.78 is 33.4. The molecule has 1 aromatic heterocycles. The van der Waals surface area contributed by atoms with Gasteiger partial charge < -0.3 is 4.74 Å². The highest BCUT2D eigenvalue weighted by Gasteiger charge is 2.37. The standard InChI is InChI=1S/C17H21NO3S2/c1-21-15-6-2-3-7-16(15)23(19,20)18-13-17(9-4-5-10-17)14-8-11-22-12-14/h2-3,6-8,11-12,18H,4-5,9-10,13H2,1H3. The van der Waals surface area contributed by atoms with E-state index in [1.54, 1.807) is 35.6 Å². The molecular formula is C17H21NO3S2. The highest BCUT2D eigenvalue weighted by atomic mass is 32.2. The van der Waals surface area contributed by atoms with Crippen LogP contribution in [-0.2, 0) is 15.4 Å². The topological polar surface area (TPSA) is 55.4 Å². The van der Waals surface area contributed by atoms with Crippen LogP contribution in [0.5, 0.6) is 5.75 Å². The zero-order valence-corrected chi connectivity index (χ0v) is 14.8. The molecule has 23 heavy (non-hydrogen) atoms. The van der Waals surface area contributed by atoms with Crippen molar-refractivity contribution in [2.75, 3.05) is 13.7 Å². The van der Waals surface area contributed by atoms with E-state index in [2.05, 4.69) is 21.5 Å². The molecular weight excluding hydrogens is 330 g/mol. The Hall–Kier alpha value is -1.37. The minimum atomic E-state index is -3.59. The Labute approximate surface area is 141 Å². The molecule has 2 aromatic rings. The summed E-state index contributed by atoms with van der Waals surface area (Å²) in [5.41, 5.74) is 1.18. The van der Waals surface area contributed by atoms with Crippen LogP contribution in [0.4, 0.5) is 0 Å². The van der Waals surface area contributed by atoms with E-state index in [0.29, 0.717) is 12.3 Å². The maximum Gasteiger partial charge on any atom is 0.244 e. The lowest BCUT2D eigenvalue weighted by atomic mass is 9.81. The summed E-state index contributed by atoms with van der Waals surface area (Å²) in [5, 5.41) is 4.20. The molecule has 1 aliphatic rings. The molecule has 124 valence electrons. The van der Waals surface area contributed by atoms with Crippen LogP contribution in [0, 0.1) is 0 Å². The Balaban J connectivity index is 1.83. The van der Waals surface area contributed by atoms with Crippen LogP contribution < -0.4 is 9.46 Å². The summed E-state index contributed by atoms with van der Waals surface area (Å²) in [5.74, 6) is 0.371. The van der Waals surface area contributed by atoms with Gasteiger partial charge in [-0.25, -0.2) is 13.1 Å². The molecule has 0 unspecified atom stereocenters. The fraction of sp³-hybridized carbons (Fsp3) is 0.412. The SMILES string of the molecule is COc1ccccc1S(=O)(=O)NCC1(c2ccsc2)CCCC1. The highest BCUT2D eigenvalue weighted by Crippen LogP contribution is 2.41. The maximum atomic E-state index is 12.7. The number of sulfonamides is 1. The first-order valence-corrected chi connectivity index (χ1v) is 10.2. The lowest BCUT2D eigenvalue weighted by molar-refractivity contribution is 0.400. The van der Waals surface area contributed by atoms with Crippen molar-refractivity contribution >= 4 is 21.4 Å². The minimum Gasteiger partial charge on any atom is -0.495 e. The summed E-state index contributed by atoms with van der Waals surface area (Å²) in [6.07, 6.45) is 4.34. The van der Waals surface area contributed by atoms with Crippen molar-refractivity contribution in [2.45, 2.75) is 36.0 Å². The number of para-hydroxylation sites is 1. The van der Waals surface area contributed by atoms with Gasteiger partial charge in [-0.05, 0) is 47.4 Å². The van der Waals surface area contributed by atoms with Crippen LogP contribution in [0.15, 0.2) is 46.0 Å². The summed E-state index contributed by atoms with van der Waals surface area (Å²) in [4.78, 5) is 0.195. The monoisotopic (exact) mass is 351 g/mol. The maximum absolute atomic E-state index is 12.7. The van der Waals surface area contributed by atoms with E-state index in [4.69, 9.17) is 4.74 Å². The van der Waals surface area contributed by atoms with Crippen LogP contribution in [0.2, 0.25) is 0 Å². The second-order valence-electron chi connectivity index (χ2n) is 5.97. The number of nitrogens with one attached hydrogen (secondary N) is 1. The Morgan fingerprint density at radius 3 is 2.61 bits per heavy atom. The van der Waals surface area contributed by atoms with Gasteiger partial charge in [0.05, 0.1) is 7.11 Å². The molecule has 3 rings (SSSR count). The van der Waals surface area contributed by atoms with Crippen molar-refractivity contribution in [3.8, 4) is 5.75 Å². The first kappa shape index (κ1) is 16.5. The number of ether oxygens (including phenoxy) is 1. The fourth-order valence-electron chi connectivity index (χ4n) is 3.34. The van der Waals surface area contributed by atoms with E-state index in [1.807, 2.05) is 0 Å². The van der Waals surface area contributed by atoms with E-state index in [0.717, 1.165) is 25.7 Å². The first-order valence-electron chi connectivity index (χ1n) is 7.73. The Bertz CT molecular complexity index is 748. The lowest BCUT2D eigenvalue weighted by Gasteiger charge is -2.28. The third-order valence-electron chi connectivity index (χ3n) is 4.65. The molecule has 0 amide bonds. The van der Waals surface area contributed by atoms with Gasteiger partial charge in [0.15, 0.2) is 0 Å². The number of hydrogen-bond acceptors (Lipinski definition) is 4. The molecule has 1 aliphatic carbocycles. The number of benzene rings is 1. The molecule has 1 N–H and O–H groups in total. The number of rotatable bonds is 6. The highest BCUT2D eigenvalue weighted by molar-refractivity contribution is 7.89. The van der Waals surface area contributed by atoms with E-state index in [9.17, 15) is 8.42 Å². The van der Waals surface area contributed by atoms with Gasteiger partial charge in [-0.3, -0.25) is 0 Å². The van der Waals surface area contributed by atoms with Crippen molar-refractivity contribution in [1.29, 1.82) is 0 Å². The average molecular weight is 351 g/mol. The molecule has 6 heteroatoms. The van der Waals surface area contributed by atoms with Crippen LogP contribution >= 0.6 is 11.3 Å². The van der Waals surface area contributed by atoms with Crippen LogP contribution in [0.25, 0.3) is 0 Å². The van der Waals surface area contributed by atoms with Crippen molar-refractivity contribution in [2.24, 2.45) is 0 Å². The van der Waals surface area contributed by atoms with Gasteiger partial charge in [0.2, 0.25) is 10.0 Å². The normalized spacial score (nSPS) is 17.3. The van der Waals surface area contributed by atoms with Gasteiger partial charge in [-0.15, -0.1) is 0 Å².